The minimum Gasteiger partial charge on any atom is -0.490 e. The number of nitrogens with zero attached hydrogens (tertiary/aromatic N) is 2. The molecule has 1 saturated carbocycles. The number of carbonyl (C=O) groups is 2. The van der Waals surface area contributed by atoms with Crippen LogP contribution in [0.1, 0.15) is 47.3 Å². The first-order valence-corrected chi connectivity index (χ1v) is 13.7. The highest BCUT2D eigenvalue weighted by Gasteiger charge is 2.26. The number of hydrogen-bond acceptors (Lipinski definition) is 7. The lowest BCUT2D eigenvalue weighted by molar-refractivity contribution is 0.0954. The van der Waals surface area contributed by atoms with Crippen LogP contribution in [0.5, 0.6) is 5.75 Å². The van der Waals surface area contributed by atoms with Crippen molar-refractivity contribution in [3.05, 3.63) is 83.4 Å². The minimum atomic E-state index is -0.310. The van der Waals surface area contributed by atoms with E-state index >= 15 is 0 Å². The van der Waals surface area contributed by atoms with Gasteiger partial charge in [-0.3, -0.25) is 9.78 Å². The maximum Gasteiger partial charge on any atom is 0.319 e. The number of anilines is 1. The van der Waals surface area contributed by atoms with Gasteiger partial charge in [-0.2, -0.15) is 0 Å². The van der Waals surface area contributed by atoms with Crippen LogP contribution in [0, 0.1) is 5.82 Å². The molecule has 11 heteroatoms. The fourth-order valence-electron chi connectivity index (χ4n) is 4.75. The largest absolute Gasteiger partial charge is 0.490 e. The SMILES string of the molecule is CC1COc2c1cc(CCNC(=O)c1cc(NC(=O)NC3CC3)c3ncccc3c1)nc2-c1ccc(F)cc1.OS. The number of urea groups is 1. The molecule has 1 aliphatic heterocycles. The van der Waals surface area contributed by atoms with Gasteiger partial charge in [0.2, 0.25) is 0 Å². The van der Waals surface area contributed by atoms with E-state index in [-0.39, 0.29) is 29.7 Å². The van der Waals surface area contributed by atoms with E-state index in [2.05, 4.69) is 40.8 Å². The second-order valence-electron chi connectivity index (χ2n) is 10.1. The molecular weight excluding hydrogens is 545 g/mol. The van der Waals surface area contributed by atoms with Crippen molar-refractivity contribution < 1.29 is 23.3 Å². The third-order valence-corrected chi connectivity index (χ3v) is 6.98. The molecule has 2 aromatic carbocycles. The summed E-state index contributed by atoms with van der Waals surface area (Å²) in [5, 5.41) is 9.47. The molecule has 0 spiro atoms. The molecule has 1 unspecified atom stereocenters. The maximum absolute atomic E-state index is 13.5. The van der Waals surface area contributed by atoms with Crippen LogP contribution >= 0.6 is 12.9 Å². The summed E-state index contributed by atoms with van der Waals surface area (Å²) in [6, 6.07) is 15.2. The molecular formula is C30H30FN5O4S. The summed E-state index contributed by atoms with van der Waals surface area (Å²) in [4.78, 5) is 34.7. The van der Waals surface area contributed by atoms with Gasteiger partial charge in [-0.25, -0.2) is 14.2 Å². The molecule has 212 valence electrons. The Kier molecular flexibility index (Phi) is 8.65. The van der Waals surface area contributed by atoms with Gasteiger partial charge in [0.25, 0.3) is 5.91 Å². The summed E-state index contributed by atoms with van der Waals surface area (Å²) in [5.74, 6) is 0.375. The Bertz CT molecular complexity index is 1580. The monoisotopic (exact) mass is 575 g/mol. The highest BCUT2D eigenvalue weighted by atomic mass is 32.1. The van der Waals surface area contributed by atoms with E-state index in [9.17, 15) is 14.0 Å². The number of amides is 3. The van der Waals surface area contributed by atoms with Crippen LogP contribution < -0.4 is 20.7 Å². The Morgan fingerprint density at radius 3 is 2.66 bits per heavy atom. The lowest BCUT2D eigenvalue weighted by atomic mass is 9.99. The van der Waals surface area contributed by atoms with Crippen molar-refractivity contribution >= 4 is 41.4 Å². The topological polar surface area (TPSA) is 125 Å². The van der Waals surface area contributed by atoms with Crippen molar-refractivity contribution in [2.24, 2.45) is 0 Å². The summed E-state index contributed by atoms with van der Waals surface area (Å²) in [5.41, 5.74) is 4.86. The van der Waals surface area contributed by atoms with Crippen molar-refractivity contribution in [3.8, 4) is 17.0 Å². The van der Waals surface area contributed by atoms with Crippen LogP contribution in [0.4, 0.5) is 14.9 Å². The molecule has 2 aromatic heterocycles. The number of nitrogens with one attached hydrogen (secondary N) is 3. The molecule has 0 saturated heterocycles. The first-order valence-electron chi connectivity index (χ1n) is 13.3. The smallest absolute Gasteiger partial charge is 0.319 e. The first kappa shape index (κ1) is 28.3. The third-order valence-electron chi connectivity index (χ3n) is 6.98. The molecule has 0 bridgehead atoms. The Labute approximate surface area is 242 Å². The first-order chi connectivity index (χ1) is 19.9. The molecule has 4 aromatic rings. The van der Waals surface area contributed by atoms with E-state index in [1.165, 1.54) is 12.1 Å². The number of benzene rings is 2. The lowest BCUT2D eigenvalue weighted by Crippen LogP contribution is -2.31. The Hall–Kier alpha value is -4.22. The number of fused-ring (bicyclic) bond motifs is 2. The predicted molar refractivity (Wildman–Crippen MR) is 158 cm³/mol. The van der Waals surface area contributed by atoms with Crippen LogP contribution in [-0.4, -0.2) is 45.7 Å². The Morgan fingerprint density at radius 1 is 1.12 bits per heavy atom. The minimum absolute atomic E-state index is 0.210. The molecule has 1 fully saturated rings. The number of aromatic nitrogens is 2. The van der Waals surface area contributed by atoms with Gasteiger partial charge in [0.1, 0.15) is 17.3 Å². The highest BCUT2D eigenvalue weighted by molar-refractivity contribution is 7.74. The average molecular weight is 576 g/mol. The number of carbonyl (C=O) groups excluding carboxylic acids is 2. The number of hydrogen-bond donors (Lipinski definition) is 5. The highest BCUT2D eigenvalue weighted by Crippen LogP contribution is 2.41. The van der Waals surface area contributed by atoms with E-state index in [1.54, 1.807) is 36.5 Å². The molecule has 1 atom stereocenters. The molecule has 4 N–H and O–H groups in total. The molecule has 9 nitrogen and oxygen atoms in total. The quantitative estimate of drug-likeness (QED) is 0.145. The van der Waals surface area contributed by atoms with Crippen LogP contribution in [0.25, 0.3) is 22.2 Å². The average Bonchev–Trinajstić information content (AvgIpc) is 3.73. The molecule has 6 rings (SSSR count). The van der Waals surface area contributed by atoms with Gasteiger partial charge in [-0.05, 0) is 74.3 Å². The van der Waals surface area contributed by atoms with E-state index in [1.807, 2.05) is 12.1 Å². The van der Waals surface area contributed by atoms with Gasteiger partial charge >= 0.3 is 6.03 Å². The number of ether oxygens (including phenoxy) is 1. The molecule has 2 aliphatic rings. The summed E-state index contributed by atoms with van der Waals surface area (Å²) < 4.78 is 26.1. The molecule has 1 aliphatic carbocycles. The van der Waals surface area contributed by atoms with E-state index in [4.69, 9.17) is 14.3 Å². The van der Waals surface area contributed by atoms with Crippen molar-refractivity contribution in [1.29, 1.82) is 0 Å². The Balaban J connectivity index is 0.00000165. The normalized spacial score (nSPS) is 15.3. The van der Waals surface area contributed by atoms with E-state index in [0.29, 0.717) is 42.0 Å². The van der Waals surface area contributed by atoms with Gasteiger partial charge < -0.3 is 25.2 Å². The number of pyridine rings is 2. The summed E-state index contributed by atoms with van der Waals surface area (Å²) in [6.07, 6.45) is 4.11. The number of halogens is 1. The molecule has 41 heavy (non-hydrogen) atoms. The van der Waals surface area contributed by atoms with Crippen molar-refractivity contribution in [2.75, 3.05) is 18.5 Å². The second kappa shape index (κ2) is 12.5. The second-order valence-corrected chi connectivity index (χ2v) is 10.1. The van der Waals surface area contributed by atoms with E-state index < -0.39 is 0 Å². The maximum atomic E-state index is 13.5. The van der Waals surface area contributed by atoms with Crippen LogP contribution in [0.2, 0.25) is 0 Å². The fraction of sp³-hybridized carbons (Fsp3) is 0.267. The number of thiol groups is 1. The Morgan fingerprint density at radius 2 is 1.90 bits per heavy atom. The third kappa shape index (κ3) is 6.58. The molecule has 0 radical (unpaired) electrons. The van der Waals surface area contributed by atoms with Gasteiger partial charge in [0.05, 0.1) is 17.8 Å². The van der Waals surface area contributed by atoms with Crippen LogP contribution in [0.15, 0.2) is 60.8 Å². The van der Waals surface area contributed by atoms with E-state index in [0.717, 1.165) is 40.8 Å². The molecule has 3 heterocycles. The lowest BCUT2D eigenvalue weighted by Gasteiger charge is -2.13. The summed E-state index contributed by atoms with van der Waals surface area (Å²) >= 11 is 2.53. The zero-order valence-electron chi connectivity index (χ0n) is 22.4. The zero-order chi connectivity index (χ0) is 28.9. The summed E-state index contributed by atoms with van der Waals surface area (Å²) in [7, 11) is 0. The van der Waals surface area contributed by atoms with Crippen LogP contribution in [0.3, 0.4) is 0 Å². The van der Waals surface area contributed by atoms with Gasteiger partial charge in [0, 0.05) is 58.9 Å². The van der Waals surface area contributed by atoms with Crippen molar-refractivity contribution in [2.45, 2.75) is 38.1 Å². The van der Waals surface area contributed by atoms with Gasteiger partial charge in [-0.15, -0.1) is 0 Å². The van der Waals surface area contributed by atoms with Crippen LogP contribution in [-0.2, 0) is 6.42 Å². The van der Waals surface area contributed by atoms with Gasteiger partial charge in [-0.1, -0.05) is 13.0 Å². The fourth-order valence-corrected chi connectivity index (χ4v) is 4.75. The zero-order valence-corrected chi connectivity index (χ0v) is 23.2. The number of rotatable bonds is 7. The molecule has 3 amide bonds. The summed E-state index contributed by atoms with van der Waals surface area (Å²) in [6.45, 7) is 3.02. The van der Waals surface area contributed by atoms with Crippen molar-refractivity contribution in [3.63, 3.8) is 0 Å². The predicted octanol–water partition coefficient (Wildman–Crippen LogP) is 5.58. The standard InChI is InChI=1S/C30H28FN5O3.H2OS/c1-17-16-39-28-24(17)15-23(34-27(28)18-4-6-21(31)7-5-18)10-12-33-29(37)20-13-19-3-2-11-32-26(19)25(14-20)36-30(38)35-22-8-9-22;1-2/h2-7,11,13-15,17,22H,8-10,12,16H2,1H3,(H,33,37)(H2,35,36,38);1-2H. The van der Waals surface area contributed by atoms with Crippen molar-refractivity contribution in [1.82, 2.24) is 20.6 Å². The van der Waals surface area contributed by atoms with Gasteiger partial charge in [0.15, 0.2) is 0 Å².